The van der Waals surface area contributed by atoms with Gasteiger partial charge in [0.15, 0.2) is 0 Å². The number of rotatable bonds is 6. The van der Waals surface area contributed by atoms with E-state index >= 15 is 0 Å². The Balaban J connectivity index is 1.36. The normalized spacial score (nSPS) is 26.6. The maximum atomic E-state index is 13.4. The highest BCUT2D eigenvalue weighted by molar-refractivity contribution is 6.06. The molecule has 0 unspecified atom stereocenters. The molecule has 2 saturated carbocycles. The van der Waals surface area contributed by atoms with Gasteiger partial charge in [0, 0.05) is 42.9 Å². The second kappa shape index (κ2) is 7.55. The summed E-state index contributed by atoms with van der Waals surface area (Å²) in [6, 6.07) is 3.90. The minimum atomic E-state index is -3.08. The molecule has 2 saturated heterocycles. The molecule has 0 atom stereocenters. The quantitative estimate of drug-likeness (QED) is 0.508. The van der Waals surface area contributed by atoms with E-state index in [-0.39, 0.29) is 32.6 Å². The topological polar surface area (TPSA) is 86.9 Å². The molecule has 36 heavy (non-hydrogen) atoms. The van der Waals surface area contributed by atoms with E-state index in [0.717, 1.165) is 24.7 Å². The lowest BCUT2D eigenvalue weighted by Crippen LogP contribution is -2.45. The van der Waals surface area contributed by atoms with Gasteiger partial charge in [0.05, 0.1) is 23.5 Å². The SMILES string of the molecule is CC12CC(c3cn4cc(C(=O)Nc5cccn(C(F)F)c5=O)c(OC5CC(F)(F)C5)cc4n3)(CO1)C2. The number of nitrogens with one attached hydrogen (secondary N) is 1. The Hall–Kier alpha value is -3.41. The van der Waals surface area contributed by atoms with Crippen LogP contribution >= 0.6 is 0 Å². The molecular weight excluding hydrogens is 484 g/mol. The predicted molar refractivity (Wildman–Crippen MR) is 119 cm³/mol. The number of ether oxygens (including phenoxy) is 2. The first-order valence-corrected chi connectivity index (χ1v) is 11.5. The van der Waals surface area contributed by atoms with Crippen molar-refractivity contribution in [3.8, 4) is 5.75 Å². The summed E-state index contributed by atoms with van der Waals surface area (Å²) in [5.74, 6) is -3.63. The van der Waals surface area contributed by atoms with Gasteiger partial charge in [-0.25, -0.2) is 13.8 Å². The monoisotopic (exact) mass is 506 g/mol. The van der Waals surface area contributed by atoms with Crippen molar-refractivity contribution in [2.75, 3.05) is 11.9 Å². The molecular formula is C24H22F4N4O4. The second-order valence-corrected chi connectivity index (χ2v) is 10.2. The number of hydrogen-bond acceptors (Lipinski definition) is 5. The average molecular weight is 506 g/mol. The van der Waals surface area contributed by atoms with Crippen LogP contribution in [0.5, 0.6) is 5.75 Å². The zero-order valence-electron chi connectivity index (χ0n) is 19.1. The fourth-order valence-electron chi connectivity index (χ4n) is 5.51. The van der Waals surface area contributed by atoms with E-state index in [4.69, 9.17) is 14.5 Å². The van der Waals surface area contributed by atoms with Crippen LogP contribution in [-0.2, 0) is 10.2 Å². The van der Waals surface area contributed by atoms with Gasteiger partial charge in [-0.05, 0) is 31.9 Å². The Morgan fingerprint density at radius 2 is 2.03 bits per heavy atom. The van der Waals surface area contributed by atoms with E-state index in [1.165, 1.54) is 24.4 Å². The van der Waals surface area contributed by atoms with E-state index in [1.807, 2.05) is 6.92 Å². The number of pyridine rings is 2. The number of hydrogen-bond donors (Lipinski definition) is 1. The molecule has 2 aliphatic heterocycles. The zero-order chi connectivity index (χ0) is 25.5. The van der Waals surface area contributed by atoms with Crippen LogP contribution in [0.15, 0.2) is 41.6 Å². The first-order valence-electron chi connectivity index (χ1n) is 11.5. The van der Waals surface area contributed by atoms with Gasteiger partial charge in [0.1, 0.15) is 23.2 Å². The third-order valence-electron chi connectivity index (χ3n) is 7.24. The van der Waals surface area contributed by atoms with Crippen LogP contribution < -0.4 is 15.6 Å². The molecule has 4 aliphatic rings. The molecule has 3 aromatic heterocycles. The number of anilines is 1. The van der Waals surface area contributed by atoms with Crippen LogP contribution in [0, 0.1) is 0 Å². The number of carbonyl (C=O) groups excluding carboxylic acids is 1. The lowest BCUT2D eigenvalue weighted by Gasteiger charge is -2.41. The minimum absolute atomic E-state index is 0.0152. The highest BCUT2D eigenvalue weighted by Crippen LogP contribution is 2.58. The zero-order valence-corrected chi connectivity index (χ0v) is 19.1. The van der Waals surface area contributed by atoms with Crippen LogP contribution in [0.2, 0.25) is 0 Å². The molecule has 190 valence electrons. The Kier molecular flexibility index (Phi) is 4.82. The average Bonchev–Trinajstić information content (AvgIpc) is 3.43. The summed E-state index contributed by atoms with van der Waals surface area (Å²) in [5, 5.41) is 2.35. The molecule has 0 aromatic carbocycles. The third-order valence-corrected chi connectivity index (χ3v) is 7.24. The van der Waals surface area contributed by atoms with Gasteiger partial charge >= 0.3 is 6.55 Å². The molecule has 1 amide bonds. The number of fused-ring (bicyclic) bond motifs is 2. The van der Waals surface area contributed by atoms with Gasteiger partial charge in [-0.3, -0.25) is 14.2 Å². The van der Waals surface area contributed by atoms with Crippen LogP contribution in [0.25, 0.3) is 5.65 Å². The molecule has 0 spiro atoms. The summed E-state index contributed by atoms with van der Waals surface area (Å²) in [4.78, 5) is 30.2. The van der Waals surface area contributed by atoms with Gasteiger partial charge < -0.3 is 19.2 Å². The van der Waals surface area contributed by atoms with Gasteiger partial charge in [-0.2, -0.15) is 8.78 Å². The predicted octanol–water partition coefficient (Wildman–Crippen LogP) is 4.14. The Bertz CT molecular complexity index is 1440. The van der Waals surface area contributed by atoms with E-state index in [9.17, 15) is 27.2 Å². The van der Waals surface area contributed by atoms with Gasteiger partial charge in [0.25, 0.3) is 17.4 Å². The number of carbonyl (C=O) groups is 1. The van der Waals surface area contributed by atoms with E-state index in [0.29, 0.717) is 12.3 Å². The molecule has 4 fully saturated rings. The molecule has 0 radical (unpaired) electrons. The Labute approximate surface area is 201 Å². The highest BCUT2D eigenvalue weighted by atomic mass is 19.3. The lowest BCUT2D eigenvalue weighted by molar-refractivity contribution is -0.134. The summed E-state index contributed by atoms with van der Waals surface area (Å²) < 4.78 is 66.4. The Morgan fingerprint density at radius 1 is 1.28 bits per heavy atom. The van der Waals surface area contributed by atoms with Gasteiger partial charge in [-0.15, -0.1) is 0 Å². The third kappa shape index (κ3) is 3.66. The molecule has 1 N–H and O–H groups in total. The van der Waals surface area contributed by atoms with Crippen molar-refractivity contribution in [1.29, 1.82) is 0 Å². The van der Waals surface area contributed by atoms with Crippen LogP contribution in [0.4, 0.5) is 23.2 Å². The number of nitrogens with zero attached hydrogens (tertiary/aromatic N) is 3. The summed E-state index contributed by atoms with van der Waals surface area (Å²) in [5.41, 5.74) is -0.619. The standard InChI is InChI=1S/C24H22F4N4O4/c1-22-10-23(11-22,12-35-22)17-9-31-8-14(16(5-18(31)30-17)36-13-6-24(27,28)7-13)19(33)29-15-3-2-4-32(20(15)34)21(25)26/h2-5,8-9,13,21H,6-7,10-12H2,1H3,(H,29,33). The van der Waals surface area contributed by atoms with E-state index in [1.54, 1.807) is 10.6 Å². The fraction of sp³-hybridized carbons (Fsp3) is 0.458. The van der Waals surface area contributed by atoms with Crippen molar-refractivity contribution in [3.63, 3.8) is 0 Å². The smallest absolute Gasteiger partial charge is 0.321 e. The maximum Gasteiger partial charge on any atom is 0.321 e. The summed E-state index contributed by atoms with van der Waals surface area (Å²) in [6.45, 7) is -0.504. The number of alkyl halides is 4. The molecule has 5 heterocycles. The van der Waals surface area contributed by atoms with Crippen LogP contribution in [0.3, 0.4) is 0 Å². The fourth-order valence-corrected chi connectivity index (χ4v) is 5.51. The summed E-state index contributed by atoms with van der Waals surface area (Å²) >= 11 is 0. The van der Waals surface area contributed by atoms with Crippen molar-refractivity contribution in [3.05, 3.63) is 58.4 Å². The van der Waals surface area contributed by atoms with E-state index < -0.39 is 42.9 Å². The first-order chi connectivity index (χ1) is 17.0. The lowest BCUT2D eigenvalue weighted by atomic mass is 9.62. The van der Waals surface area contributed by atoms with Crippen molar-refractivity contribution in [1.82, 2.24) is 14.0 Å². The van der Waals surface area contributed by atoms with E-state index in [2.05, 4.69) is 5.32 Å². The van der Waals surface area contributed by atoms with Crippen molar-refractivity contribution >= 4 is 17.2 Å². The van der Waals surface area contributed by atoms with Crippen molar-refractivity contribution in [2.45, 2.75) is 62.2 Å². The van der Waals surface area contributed by atoms with Crippen molar-refractivity contribution in [2.24, 2.45) is 0 Å². The maximum absolute atomic E-state index is 13.4. The first kappa shape index (κ1) is 23.0. The van der Waals surface area contributed by atoms with Gasteiger partial charge in [0.2, 0.25) is 0 Å². The molecule has 12 heteroatoms. The van der Waals surface area contributed by atoms with Crippen LogP contribution in [-0.4, -0.2) is 44.1 Å². The number of aromatic nitrogens is 3. The number of imidazole rings is 1. The number of amides is 1. The molecule has 8 nitrogen and oxygen atoms in total. The Morgan fingerprint density at radius 3 is 2.67 bits per heavy atom. The molecule has 2 aliphatic carbocycles. The minimum Gasteiger partial charge on any atom is -0.489 e. The summed E-state index contributed by atoms with van der Waals surface area (Å²) in [6.07, 6.45) is 3.99. The van der Waals surface area contributed by atoms with Crippen molar-refractivity contribution < 1.29 is 31.8 Å². The number of halogens is 4. The highest BCUT2D eigenvalue weighted by Gasteiger charge is 2.61. The molecule has 3 aromatic rings. The largest absolute Gasteiger partial charge is 0.489 e. The van der Waals surface area contributed by atoms with Crippen LogP contribution in [0.1, 0.15) is 55.2 Å². The molecule has 2 bridgehead atoms. The summed E-state index contributed by atoms with van der Waals surface area (Å²) in [7, 11) is 0. The van der Waals surface area contributed by atoms with Gasteiger partial charge in [-0.1, -0.05) is 0 Å². The molecule has 7 rings (SSSR count). The second-order valence-electron chi connectivity index (χ2n) is 10.2.